The monoisotopic (exact) mass is 387 g/mol. The summed E-state index contributed by atoms with van der Waals surface area (Å²) in [7, 11) is -3.32. The number of nitrogens with zero attached hydrogens (tertiary/aromatic N) is 1. The van der Waals surface area contributed by atoms with Gasteiger partial charge >= 0.3 is 0 Å². The fraction of sp³-hybridized carbons (Fsp3) is 0.333. The smallest absolute Gasteiger partial charge is 0.212 e. The van der Waals surface area contributed by atoms with Crippen LogP contribution in [0.15, 0.2) is 66.7 Å². The molecular formula is C21H22ClNO2S. The van der Waals surface area contributed by atoms with E-state index in [0.717, 1.165) is 18.4 Å². The van der Waals surface area contributed by atoms with E-state index in [4.69, 9.17) is 11.6 Å². The molecule has 0 amide bonds. The lowest BCUT2D eigenvalue weighted by Crippen LogP contribution is -2.48. The summed E-state index contributed by atoms with van der Waals surface area (Å²) < 4.78 is 27.9. The lowest BCUT2D eigenvalue weighted by molar-refractivity contribution is 0.295. The first-order valence-electron chi connectivity index (χ1n) is 9.01. The second-order valence-electron chi connectivity index (χ2n) is 7.16. The fourth-order valence-corrected chi connectivity index (χ4v) is 6.27. The quantitative estimate of drug-likeness (QED) is 0.721. The Bertz CT molecular complexity index is 893. The van der Waals surface area contributed by atoms with E-state index in [1.165, 1.54) is 5.56 Å². The molecule has 0 bridgehead atoms. The number of allylic oxidation sites excluding steroid dienone is 1. The summed E-state index contributed by atoms with van der Waals surface area (Å²) in [6, 6.07) is 17.7. The number of fused-ring (bicyclic) bond motifs is 1. The maximum atomic E-state index is 13.1. The third-order valence-electron chi connectivity index (χ3n) is 5.51. The number of hydrogen-bond donors (Lipinski definition) is 0. The molecule has 136 valence electrons. The molecule has 0 unspecified atom stereocenters. The van der Waals surface area contributed by atoms with Crippen LogP contribution in [0, 0.1) is 5.92 Å². The Morgan fingerprint density at radius 2 is 1.73 bits per heavy atom. The zero-order chi connectivity index (χ0) is 18.1. The summed E-state index contributed by atoms with van der Waals surface area (Å²) in [4.78, 5) is 0. The van der Waals surface area contributed by atoms with Crippen molar-refractivity contribution in [1.29, 1.82) is 0 Å². The lowest BCUT2D eigenvalue weighted by atomic mass is 9.81. The van der Waals surface area contributed by atoms with Crippen LogP contribution in [0.5, 0.6) is 0 Å². The van der Waals surface area contributed by atoms with Gasteiger partial charge in [0.2, 0.25) is 10.0 Å². The fourth-order valence-electron chi connectivity index (χ4n) is 4.08. The van der Waals surface area contributed by atoms with Crippen LogP contribution in [-0.2, 0) is 16.6 Å². The highest BCUT2D eigenvalue weighted by Crippen LogP contribution is 2.40. The summed E-state index contributed by atoms with van der Waals surface area (Å²) in [5.41, 5.74) is 2.24. The molecule has 0 radical (unpaired) electrons. The normalized spacial score (nSPS) is 27.8. The van der Waals surface area contributed by atoms with Crippen LogP contribution in [0.3, 0.4) is 0 Å². The molecule has 0 N–H and O–H groups in total. The van der Waals surface area contributed by atoms with Gasteiger partial charge in [-0.25, -0.2) is 8.42 Å². The van der Waals surface area contributed by atoms with E-state index in [2.05, 4.69) is 18.2 Å². The van der Waals surface area contributed by atoms with Gasteiger partial charge in [-0.15, -0.1) is 0 Å². The van der Waals surface area contributed by atoms with Crippen molar-refractivity contribution in [2.45, 2.75) is 30.6 Å². The molecule has 1 fully saturated rings. The Labute approximate surface area is 160 Å². The molecule has 1 aliphatic carbocycles. The van der Waals surface area contributed by atoms with Gasteiger partial charge in [0.15, 0.2) is 0 Å². The van der Waals surface area contributed by atoms with Crippen molar-refractivity contribution in [1.82, 2.24) is 4.31 Å². The highest BCUT2D eigenvalue weighted by Gasteiger charge is 2.43. The molecule has 2 aromatic rings. The van der Waals surface area contributed by atoms with Crippen LogP contribution in [0.2, 0.25) is 5.02 Å². The number of rotatable bonds is 3. The van der Waals surface area contributed by atoms with Gasteiger partial charge < -0.3 is 0 Å². The summed E-state index contributed by atoms with van der Waals surface area (Å²) in [6.45, 7) is 1.00. The second-order valence-corrected chi connectivity index (χ2v) is 9.68. The Morgan fingerprint density at radius 1 is 1.00 bits per heavy atom. The van der Waals surface area contributed by atoms with Crippen LogP contribution in [0.25, 0.3) is 0 Å². The predicted octanol–water partition coefficient (Wildman–Crippen LogP) is 4.60. The van der Waals surface area contributed by atoms with E-state index in [-0.39, 0.29) is 5.92 Å². The summed E-state index contributed by atoms with van der Waals surface area (Å²) in [5.74, 6) is 0.507. The van der Waals surface area contributed by atoms with Crippen molar-refractivity contribution in [3.63, 3.8) is 0 Å². The molecule has 26 heavy (non-hydrogen) atoms. The number of halogens is 1. The minimum Gasteiger partial charge on any atom is -0.212 e. The van der Waals surface area contributed by atoms with Gasteiger partial charge in [0.1, 0.15) is 0 Å². The second kappa shape index (κ2) is 7.18. The average Bonchev–Trinajstić information content (AvgIpc) is 2.66. The summed E-state index contributed by atoms with van der Waals surface area (Å²) in [5, 5.41) is 0.265. The molecular weight excluding hydrogens is 366 g/mol. The third-order valence-corrected chi connectivity index (χ3v) is 8.02. The third kappa shape index (κ3) is 3.46. The number of sulfonamides is 1. The minimum absolute atomic E-state index is 0.191. The van der Waals surface area contributed by atoms with E-state index in [0.29, 0.717) is 24.0 Å². The van der Waals surface area contributed by atoms with Gasteiger partial charge in [0.05, 0.1) is 5.25 Å². The molecule has 3 atom stereocenters. The molecule has 0 saturated carbocycles. The van der Waals surface area contributed by atoms with E-state index in [9.17, 15) is 8.42 Å². The highest BCUT2D eigenvalue weighted by atomic mass is 35.5. The van der Waals surface area contributed by atoms with Gasteiger partial charge in [-0.1, -0.05) is 66.2 Å². The minimum atomic E-state index is -3.32. The van der Waals surface area contributed by atoms with Gasteiger partial charge in [-0.05, 0) is 42.0 Å². The van der Waals surface area contributed by atoms with Gasteiger partial charge in [0, 0.05) is 24.0 Å². The first-order chi connectivity index (χ1) is 12.5. The molecule has 0 spiro atoms. The average molecular weight is 388 g/mol. The molecule has 2 aliphatic rings. The van der Waals surface area contributed by atoms with Gasteiger partial charge in [-0.3, -0.25) is 0 Å². The first kappa shape index (κ1) is 17.8. The molecule has 1 aliphatic heterocycles. The Kier molecular flexibility index (Phi) is 4.91. The zero-order valence-electron chi connectivity index (χ0n) is 14.5. The number of hydrogen-bond acceptors (Lipinski definition) is 2. The maximum absolute atomic E-state index is 13.1. The van der Waals surface area contributed by atoms with Crippen molar-refractivity contribution < 1.29 is 8.42 Å². The lowest BCUT2D eigenvalue weighted by Gasteiger charge is -2.40. The molecule has 0 aromatic heterocycles. The molecule has 5 heteroatoms. The standard InChI is InChI=1S/C21H22ClNO2S/c22-20-9-6-16(7-10-20)15-23-13-12-19-14-18(17-4-2-1-3-5-17)8-11-21(19)26(23,24)25/h1-11,18-19,21H,12-15H2/t18-,19+,21+/m1/s1. The molecule has 1 heterocycles. The van der Waals surface area contributed by atoms with Crippen molar-refractivity contribution in [3.05, 3.63) is 82.9 Å². The van der Waals surface area contributed by atoms with Gasteiger partial charge in [-0.2, -0.15) is 4.31 Å². The van der Waals surface area contributed by atoms with Crippen molar-refractivity contribution in [2.75, 3.05) is 6.54 Å². The maximum Gasteiger partial charge on any atom is 0.221 e. The van der Waals surface area contributed by atoms with Crippen molar-refractivity contribution >= 4 is 21.6 Å². The summed E-state index contributed by atoms with van der Waals surface area (Å²) >= 11 is 5.92. The highest BCUT2D eigenvalue weighted by molar-refractivity contribution is 7.89. The van der Waals surface area contributed by atoms with Gasteiger partial charge in [0.25, 0.3) is 0 Å². The van der Waals surface area contributed by atoms with Crippen LogP contribution in [0.4, 0.5) is 0 Å². The summed E-state index contributed by atoms with van der Waals surface area (Å²) in [6.07, 6.45) is 5.82. The topological polar surface area (TPSA) is 37.4 Å². The van der Waals surface area contributed by atoms with Crippen LogP contribution in [0.1, 0.15) is 29.9 Å². The van der Waals surface area contributed by atoms with E-state index in [1.54, 1.807) is 16.4 Å². The van der Waals surface area contributed by atoms with Crippen LogP contribution >= 0.6 is 11.6 Å². The number of benzene rings is 2. The SMILES string of the molecule is O=S1(=O)[C@H]2C=C[C@@H](c3ccccc3)C[C@@H]2CCN1Cc1ccc(Cl)cc1. The van der Waals surface area contributed by atoms with Crippen LogP contribution < -0.4 is 0 Å². The van der Waals surface area contributed by atoms with Crippen LogP contribution in [-0.4, -0.2) is 24.5 Å². The Balaban J connectivity index is 1.54. The molecule has 4 rings (SSSR count). The molecule has 1 saturated heterocycles. The Morgan fingerprint density at radius 3 is 2.46 bits per heavy atom. The van der Waals surface area contributed by atoms with E-state index in [1.807, 2.05) is 36.4 Å². The Hall–Kier alpha value is -1.62. The zero-order valence-corrected chi connectivity index (χ0v) is 16.0. The first-order valence-corrected chi connectivity index (χ1v) is 10.9. The van der Waals surface area contributed by atoms with E-state index >= 15 is 0 Å². The predicted molar refractivity (Wildman–Crippen MR) is 106 cm³/mol. The van der Waals surface area contributed by atoms with Crippen molar-refractivity contribution in [2.24, 2.45) is 5.92 Å². The molecule has 2 aromatic carbocycles. The largest absolute Gasteiger partial charge is 0.221 e. The molecule has 3 nitrogen and oxygen atoms in total. The van der Waals surface area contributed by atoms with Crippen molar-refractivity contribution in [3.8, 4) is 0 Å². The van der Waals surface area contributed by atoms with E-state index < -0.39 is 15.3 Å².